The predicted octanol–water partition coefficient (Wildman–Crippen LogP) is 2.58. The van der Waals surface area contributed by atoms with Crippen LogP contribution in [-0.4, -0.2) is 34.6 Å². The van der Waals surface area contributed by atoms with Gasteiger partial charge in [-0.2, -0.15) is 0 Å². The summed E-state index contributed by atoms with van der Waals surface area (Å²) in [5, 5.41) is 0. The first kappa shape index (κ1) is 18.3. The van der Waals surface area contributed by atoms with Gasteiger partial charge in [0.05, 0.1) is 12.1 Å². The molecule has 3 rings (SSSR count). The fourth-order valence-electron chi connectivity index (χ4n) is 3.12. The number of Topliss-reactive ketones (excluding diaryl/α,β-unsaturated/α-hetero) is 1. The maximum Gasteiger partial charge on any atom is 0.231 e. The number of hydrogen-bond donors (Lipinski definition) is 1. The molecule has 0 saturated carbocycles. The molecule has 6 nitrogen and oxygen atoms in total. The maximum absolute atomic E-state index is 12.6. The van der Waals surface area contributed by atoms with E-state index in [1.165, 1.54) is 4.90 Å². The molecule has 2 aromatic rings. The minimum atomic E-state index is -0.818. The second-order valence-corrected chi connectivity index (χ2v) is 8.31. The van der Waals surface area contributed by atoms with Crippen molar-refractivity contribution in [2.24, 2.45) is 10.7 Å². The lowest BCUT2D eigenvalue weighted by molar-refractivity contribution is -0.128. The van der Waals surface area contributed by atoms with E-state index >= 15 is 0 Å². The predicted molar refractivity (Wildman–Crippen MR) is 102 cm³/mol. The largest absolute Gasteiger partial charge is 0.369 e. The summed E-state index contributed by atoms with van der Waals surface area (Å²) in [4.78, 5) is 37.2. The summed E-state index contributed by atoms with van der Waals surface area (Å²) in [6.45, 7) is 5.80. The Kier molecular flexibility index (Phi) is 4.66. The second kappa shape index (κ2) is 6.64. The number of carbonyl (C=O) groups excluding carboxylic acids is 2. The van der Waals surface area contributed by atoms with Gasteiger partial charge in [-0.25, -0.2) is 4.99 Å². The lowest BCUT2D eigenvalue weighted by Crippen LogP contribution is -2.47. The highest BCUT2D eigenvalue weighted by molar-refractivity contribution is 7.12. The molecule has 1 amide bonds. The Morgan fingerprint density at radius 1 is 1.38 bits per heavy atom. The lowest BCUT2D eigenvalue weighted by atomic mass is 9.90. The van der Waals surface area contributed by atoms with Crippen LogP contribution in [0.15, 0.2) is 29.4 Å². The van der Waals surface area contributed by atoms with Gasteiger partial charge in [-0.1, -0.05) is 0 Å². The van der Waals surface area contributed by atoms with Crippen LogP contribution in [0.5, 0.6) is 0 Å². The van der Waals surface area contributed by atoms with E-state index in [-0.39, 0.29) is 30.5 Å². The average molecular weight is 370 g/mol. The van der Waals surface area contributed by atoms with Crippen molar-refractivity contribution in [1.82, 2.24) is 9.88 Å². The molecule has 3 heterocycles. The summed E-state index contributed by atoms with van der Waals surface area (Å²) in [5.74, 6) is 0.153. The number of hydrogen-bond acceptors (Lipinski definition) is 6. The van der Waals surface area contributed by atoms with Gasteiger partial charge in [-0.15, -0.1) is 11.3 Å². The number of carbonyl (C=O) groups is 2. The zero-order chi connectivity index (χ0) is 19.1. The molecule has 0 radical (unpaired) electrons. The molecule has 0 aromatic carbocycles. The molecule has 1 atom stereocenters. The minimum Gasteiger partial charge on any atom is -0.369 e. The molecule has 0 bridgehead atoms. The monoisotopic (exact) mass is 370 g/mol. The van der Waals surface area contributed by atoms with Gasteiger partial charge in [0.2, 0.25) is 5.91 Å². The number of aliphatic imine (C=N–C) groups is 1. The molecular weight excluding hydrogens is 348 g/mol. The average Bonchev–Trinajstić information content (AvgIpc) is 2.91. The Labute approximate surface area is 156 Å². The molecule has 2 N–H and O–H groups in total. The first-order valence-corrected chi connectivity index (χ1v) is 9.19. The molecule has 0 spiro atoms. The van der Waals surface area contributed by atoms with Crippen molar-refractivity contribution in [3.63, 3.8) is 0 Å². The van der Waals surface area contributed by atoms with Gasteiger partial charge < -0.3 is 5.73 Å². The van der Waals surface area contributed by atoms with Crippen LogP contribution in [0, 0.1) is 13.8 Å². The SMILES string of the molecule is Cc1cc(C(=O)Cc2ccnc(C3(C)CC(=O)N(C)C(N)=N3)c2)c(C)s1. The van der Waals surface area contributed by atoms with E-state index in [1.54, 1.807) is 24.6 Å². The van der Waals surface area contributed by atoms with Crippen molar-refractivity contribution in [2.75, 3.05) is 7.05 Å². The molecule has 1 aliphatic rings. The molecule has 7 heteroatoms. The number of aromatic nitrogens is 1. The molecular formula is C19H22N4O2S. The van der Waals surface area contributed by atoms with Crippen molar-refractivity contribution < 1.29 is 9.59 Å². The molecule has 26 heavy (non-hydrogen) atoms. The number of thiophene rings is 1. The van der Waals surface area contributed by atoms with E-state index in [4.69, 9.17) is 5.73 Å². The van der Waals surface area contributed by atoms with Gasteiger partial charge in [-0.3, -0.25) is 19.5 Å². The minimum absolute atomic E-state index is 0.0802. The van der Waals surface area contributed by atoms with Crippen molar-refractivity contribution in [3.8, 4) is 0 Å². The molecule has 1 aliphatic heterocycles. The molecule has 0 fully saturated rings. The Morgan fingerprint density at radius 2 is 2.12 bits per heavy atom. The smallest absolute Gasteiger partial charge is 0.231 e. The quantitative estimate of drug-likeness (QED) is 0.838. The number of amides is 1. The van der Waals surface area contributed by atoms with E-state index in [0.29, 0.717) is 5.69 Å². The van der Waals surface area contributed by atoms with Crippen LogP contribution in [0.3, 0.4) is 0 Å². The number of ketones is 1. The number of guanidine groups is 1. The van der Waals surface area contributed by atoms with Gasteiger partial charge in [0, 0.05) is 35.0 Å². The first-order valence-electron chi connectivity index (χ1n) is 8.37. The van der Waals surface area contributed by atoms with E-state index in [9.17, 15) is 9.59 Å². The molecule has 1 unspecified atom stereocenters. The third kappa shape index (κ3) is 3.39. The summed E-state index contributed by atoms with van der Waals surface area (Å²) < 4.78 is 0. The van der Waals surface area contributed by atoms with E-state index in [0.717, 1.165) is 20.9 Å². The summed E-state index contributed by atoms with van der Waals surface area (Å²) in [6, 6.07) is 5.61. The van der Waals surface area contributed by atoms with E-state index in [1.807, 2.05) is 39.0 Å². The second-order valence-electron chi connectivity index (χ2n) is 6.85. The van der Waals surface area contributed by atoms with Crippen LogP contribution in [0.2, 0.25) is 0 Å². The van der Waals surface area contributed by atoms with Crippen LogP contribution in [-0.2, 0) is 16.8 Å². The van der Waals surface area contributed by atoms with Crippen LogP contribution < -0.4 is 5.73 Å². The third-order valence-electron chi connectivity index (χ3n) is 4.66. The number of nitrogens with two attached hydrogens (primary N) is 1. The van der Waals surface area contributed by atoms with Crippen LogP contribution >= 0.6 is 11.3 Å². The van der Waals surface area contributed by atoms with E-state index < -0.39 is 5.54 Å². The molecule has 0 saturated heterocycles. The topological polar surface area (TPSA) is 88.7 Å². The van der Waals surface area contributed by atoms with Gasteiger partial charge in [0.1, 0.15) is 5.54 Å². The fraction of sp³-hybridized carbons (Fsp3) is 0.368. The number of aryl methyl sites for hydroxylation is 2. The van der Waals surface area contributed by atoms with Gasteiger partial charge >= 0.3 is 0 Å². The zero-order valence-electron chi connectivity index (χ0n) is 15.4. The zero-order valence-corrected chi connectivity index (χ0v) is 16.2. The molecule has 2 aromatic heterocycles. The third-order valence-corrected chi connectivity index (χ3v) is 5.62. The van der Waals surface area contributed by atoms with Crippen LogP contribution in [0.4, 0.5) is 0 Å². The Hall–Kier alpha value is -2.54. The number of nitrogens with zero attached hydrogens (tertiary/aromatic N) is 3. The van der Waals surface area contributed by atoms with Crippen molar-refractivity contribution in [3.05, 3.63) is 51.0 Å². The molecule has 0 aliphatic carbocycles. The molecule has 136 valence electrons. The Balaban J connectivity index is 1.88. The maximum atomic E-state index is 12.6. The van der Waals surface area contributed by atoms with Crippen LogP contribution in [0.1, 0.15) is 44.7 Å². The normalized spacial score (nSPS) is 20.2. The highest BCUT2D eigenvalue weighted by Gasteiger charge is 2.37. The van der Waals surface area contributed by atoms with E-state index in [2.05, 4.69) is 9.98 Å². The summed E-state index contributed by atoms with van der Waals surface area (Å²) >= 11 is 1.63. The summed E-state index contributed by atoms with van der Waals surface area (Å²) in [5.41, 5.74) is 7.32. The van der Waals surface area contributed by atoms with Gasteiger partial charge in [0.15, 0.2) is 11.7 Å². The summed E-state index contributed by atoms with van der Waals surface area (Å²) in [7, 11) is 1.61. The first-order chi connectivity index (χ1) is 12.2. The van der Waals surface area contributed by atoms with Gasteiger partial charge in [0.25, 0.3) is 0 Å². The Morgan fingerprint density at radius 3 is 2.73 bits per heavy atom. The highest BCUT2D eigenvalue weighted by Crippen LogP contribution is 2.32. The van der Waals surface area contributed by atoms with Crippen molar-refractivity contribution in [2.45, 2.75) is 39.2 Å². The Bertz CT molecular complexity index is 918. The standard InChI is InChI=1S/C19H22N4O2S/c1-11-7-14(12(2)26-11)15(24)8-13-5-6-21-16(9-13)19(3)10-17(25)23(4)18(20)22-19/h5-7,9H,8,10H2,1-4H3,(H2,20,22). The number of pyridine rings is 1. The lowest BCUT2D eigenvalue weighted by Gasteiger charge is -2.32. The van der Waals surface area contributed by atoms with Crippen molar-refractivity contribution in [1.29, 1.82) is 0 Å². The van der Waals surface area contributed by atoms with Crippen molar-refractivity contribution >= 4 is 29.0 Å². The summed E-state index contributed by atoms with van der Waals surface area (Å²) in [6.07, 6.45) is 2.14. The highest BCUT2D eigenvalue weighted by atomic mass is 32.1. The van der Waals surface area contributed by atoms with Crippen LogP contribution in [0.25, 0.3) is 0 Å². The number of rotatable bonds is 4. The van der Waals surface area contributed by atoms with Gasteiger partial charge in [-0.05, 0) is 44.5 Å². The fourth-order valence-corrected chi connectivity index (χ4v) is 4.07.